The largest absolute Gasteiger partial charge is 0.396 e. The maximum atomic E-state index is 10.4. The van der Waals surface area contributed by atoms with Gasteiger partial charge >= 0.3 is 0 Å². The van der Waals surface area contributed by atoms with Gasteiger partial charge in [-0.15, -0.1) is 0 Å². The number of aliphatic hydroxyl groups excluding tert-OH is 1. The van der Waals surface area contributed by atoms with Gasteiger partial charge in [0, 0.05) is 25.5 Å². The zero-order valence-corrected chi connectivity index (χ0v) is 6.77. The zero-order valence-electron chi connectivity index (χ0n) is 6.77. The summed E-state index contributed by atoms with van der Waals surface area (Å²) in [6, 6.07) is 0. The van der Waals surface area contributed by atoms with Crippen LogP contribution in [0.15, 0.2) is 0 Å². The summed E-state index contributed by atoms with van der Waals surface area (Å²) in [5, 5.41) is 11.4. The predicted molar refractivity (Wildman–Crippen MR) is 39.6 cm³/mol. The highest BCUT2D eigenvalue weighted by atomic mass is 16.3. The van der Waals surface area contributed by atoms with Crippen LogP contribution >= 0.6 is 0 Å². The minimum absolute atomic E-state index is 0.0541. The van der Waals surface area contributed by atoms with Crippen LogP contribution in [0.1, 0.15) is 20.8 Å². The van der Waals surface area contributed by atoms with Crippen LogP contribution in [0.5, 0.6) is 0 Å². The molecule has 0 bridgehead atoms. The van der Waals surface area contributed by atoms with Crippen LogP contribution in [-0.4, -0.2) is 24.2 Å². The monoisotopic (exact) mass is 145 g/mol. The van der Waals surface area contributed by atoms with Crippen molar-refractivity contribution in [3.63, 3.8) is 0 Å². The van der Waals surface area contributed by atoms with E-state index >= 15 is 0 Å². The molecule has 0 aliphatic carbocycles. The number of carbonyl (C=O) groups excluding carboxylic acids is 1. The SMILES string of the molecule is CC(=O)NCC(C)(C)CO. The molecule has 0 aromatic heterocycles. The molecule has 0 rings (SSSR count). The van der Waals surface area contributed by atoms with E-state index in [1.807, 2.05) is 13.8 Å². The van der Waals surface area contributed by atoms with Gasteiger partial charge in [0.05, 0.1) is 0 Å². The van der Waals surface area contributed by atoms with Gasteiger partial charge < -0.3 is 10.4 Å². The molecule has 0 aromatic rings. The number of carbonyl (C=O) groups is 1. The lowest BCUT2D eigenvalue weighted by Gasteiger charge is -2.20. The van der Waals surface area contributed by atoms with Gasteiger partial charge in [-0.1, -0.05) is 13.8 Å². The Bertz CT molecular complexity index is 121. The van der Waals surface area contributed by atoms with Crippen molar-refractivity contribution in [1.29, 1.82) is 0 Å². The molecule has 3 nitrogen and oxygen atoms in total. The summed E-state index contributed by atoms with van der Waals surface area (Å²) in [5.41, 5.74) is -0.203. The number of aliphatic hydroxyl groups is 1. The van der Waals surface area contributed by atoms with Crippen LogP contribution in [0, 0.1) is 5.41 Å². The second-order valence-corrected chi connectivity index (χ2v) is 3.23. The van der Waals surface area contributed by atoms with Crippen molar-refractivity contribution in [2.45, 2.75) is 20.8 Å². The molecule has 0 heterocycles. The van der Waals surface area contributed by atoms with Gasteiger partial charge in [0.25, 0.3) is 0 Å². The van der Waals surface area contributed by atoms with Crippen LogP contribution in [0.4, 0.5) is 0 Å². The van der Waals surface area contributed by atoms with Gasteiger partial charge in [-0.25, -0.2) is 0 Å². The summed E-state index contributed by atoms with van der Waals surface area (Å²) in [5.74, 6) is -0.0541. The first-order valence-electron chi connectivity index (χ1n) is 3.33. The van der Waals surface area contributed by atoms with Crippen molar-refractivity contribution in [3.05, 3.63) is 0 Å². The summed E-state index contributed by atoms with van der Waals surface area (Å²) in [7, 11) is 0. The topological polar surface area (TPSA) is 49.3 Å². The van der Waals surface area contributed by atoms with E-state index in [9.17, 15) is 4.79 Å². The fourth-order valence-electron chi connectivity index (χ4n) is 0.420. The quantitative estimate of drug-likeness (QED) is 0.593. The van der Waals surface area contributed by atoms with Crippen molar-refractivity contribution >= 4 is 5.91 Å². The first-order chi connectivity index (χ1) is 4.48. The molecular formula is C7H15NO2. The third-order valence-corrected chi connectivity index (χ3v) is 1.24. The lowest BCUT2D eigenvalue weighted by Crippen LogP contribution is -2.34. The Labute approximate surface area is 61.4 Å². The molecule has 0 saturated carbocycles. The minimum atomic E-state index is -0.203. The molecule has 60 valence electrons. The maximum absolute atomic E-state index is 10.4. The Kier molecular flexibility index (Phi) is 3.36. The number of hydrogen-bond donors (Lipinski definition) is 2. The third-order valence-electron chi connectivity index (χ3n) is 1.24. The Hall–Kier alpha value is -0.570. The molecule has 0 unspecified atom stereocenters. The van der Waals surface area contributed by atoms with Crippen molar-refractivity contribution in [1.82, 2.24) is 5.32 Å². The van der Waals surface area contributed by atoms with Crippen molar-refractivity contribution < 1.29 is 9.90 Å². The highest BCUT2D eigenvalue weighted by Gasteiger charge is 2.15. The van der Waals surface area contributed by atoms with Crippen molar-refractivity contribution in [2.75, 3.05) is 13.2 Å². The zero-order chi connectivity index (χ0) is 8.20. The average molecular weight is 145 g/mol. The number of nitrogens with one attached hydrogen (secondary N) is 1. The standard InChI is InChI=1S/C7H15NO2/c1-6(10)8-4-7(2,3)5-9/h9H,4-5H2,1-3H3,(H,8,10). The molecule has 3 heteroatoms. The lowest BCUT2D eigenvalue weighted by molar-refractivity contribution is -0.119. The molecule has 0 saturated heterocycles. The van der Waals surface area contributed by atoms with Crippen LogP contribution in [0.2, 0.25) is 0 Å². The van der Waals surface area contributed by atoms with Crippen LogP contribution < -0.4 is 5.32 Å². The van der Waals surface area contributed by atoms with Gasteiger partial charge in [-0.2, -0.15) is 0 Å². The first kappa shape index (κ1) is 9.43. The van der Waals surface area contributed by atoms with E-state index in [2.05, 4.69) is 5.32 Å². The minimum Gasteiger partial charge on any atom is -0.396 e. The second-order valence-electron chi connectivity index (χ2n) is 3.23. The highest BCUT2D eigenvalue weighted by molar-refractivity contribution is 5.72. The molecule has 10 heavy (non-hydrogen) atoms. The molecule has 0 fully saturated rings. The Morgan fingerprint density at radius 2 is 2.10 bits per heavy atom. The highest BCUT2D eigenvalue weighted by Crippen LogP contribution is 2.10. The summed E-state index contributed by atoms with van der Waals surface area (Å²) >= 11 is 0. The van der Waals surface area contributed by atoms with Crippen molar-refractivity contribution in [2.24, 2.45) is 5.41 Å². The summed E-state index contributed by atoms with van der Waals surface area (Å²) in [6.45, 7) is 5.87. The van der Waals surface area contributed by atoms with Gasteiger partial charge in [-0.05, 0) is 0 Å². The number of hydrogen-bond acceptors (Lipinski definition) is 2. The molecule has 0 aliphatic rings. The van der Waals surface area contributed by atoms with Gasteiger partial charge in [-0.3, -0.25) is 4.79 Å². The molecule has 0 atom stereocenters. The van der Waals surface area contributed by atoms with Gasteiger partial charge in [0.15, 0.2) is 0 Å². The van der Waals surface area contributed by atoms with E-state index in [-0.39, 0.29) is 17.9 Å². The van der Waals surface area contributed by atoms with E-state index < -0.39 is 0 Å². The average Bonchev–Trinajstić information content (AvgIpc) is 1.85. The Morgan fingerprint density at radius 1 is 1.60 bits per heavy atom. The first-order valence-corrected chi connectivity index (χ1v) is 3.33. The van der Waals surface area contributed by atoms with Crippen LogP contribution in [-0.2, 0) is 4.79 Å². The summed E-state index contributed by atoms with van der Waals surface area (Å²) in [6.07, 6.45) is 0. The summed E-state index contributed by atoms with van der Waals surface area (Å²) in [4.78, 5) is 10.4. The molecule has 2 N–H and O–H groups in total. The smallest absolute Gasteiger partial charge is 0.216 e. The van der Waals surface area contributed by atoms with Gasteiger partial charge in [0.1, 0.15) is 0 Å². The van der Waals surface area contributed by atoms with E-state index in [1.54, 1.807) is 0 Å². The van der Waals surface area contributed by atoms with E-state index in [0.717, 1.165) is 0 Å². The molecule has 0 aliphatic heterocycles. The van der Waals surface area contributed by atoms with Crippen LogP contribution in [0.25, 0.3) is 0 Å². The Balaban J connectivity index is 3.56. The fourth-order valence-corrected chi connectivity index (χ4v) is 0.420. The van der Waals surface area contributed by atoms with Crippen LogP contribution in [0.3, 0.4) is 0 Å². The molecule has 0 radical (unpaired) electrons. The molecular weight excluding hydrogens is 130 g/mol. The molecule has 1 amide bonds. The fraction of sp³-hybridized carbons (Fsp3) is 0.857. The second kappa shape index (κ2) is 3.56. The van der Waals surface area contributed by atoms with E-state index in [4.69, 9.17) is 5.11 Å². The Morgan fingerprint density at radius 3 is 2.40 bits per heavy atom. The maximum Gasteiger partial charge on any atom is 0.216 e. The third kappa shape index (κ3) is 4.32. The van der Waals surface area contributed by atoms with Gasteiger partial charge in [0.2, 0.25) is 5.91 Å². The summed E-state index contributed by atoms with van der Waals surface area (Å²) < 4.78 is 0. The number of amides is 1. The normalized spacial score (nSPS) is 11.2. The van der Waals surface area contributed by atoms with E-state index in [1.165, 1.54) is 6.92 Å². The number of rotatable bonds is 3. The predicted octanol–water partition coefficient (Wildman–Crippen LogP) is 0.141. The lowest BCUT2D eigenvalue weighted by atomic mass is 9.95. The van der Waals surface area contributed by atoms with Crippen molar-refractivity contribution in [3.8, 4) is 0 Å². The molecule has 0 spiro atoms. The molecule has 0 aromatic carbocycles. The van der Waals surface area contributed by atoms with E-state index in [0.29, 0.717) is 6.54 Å².